The molecule has 0 bridgehead atoms. The highest BCUT2D eigenvalue weighted by Crippen LogP contribution is 2.17. The SMILES string of the molecule is CCOc1ccc(OCCCC(=O)NCCC2CCNC2)cc1.Cl. The third kappa shape index (κ3) is 7.88. The minimum absolute atomic E-state index is 0. The summed E-state index contributed by atoms with van der Waals surface area (Å²) in [5.41, 5.74) is 0. The Kier molecular flexibility index (Phi) is 10.3. The van der Waals surface area contributed by atoms with Crippen LogP contribution >= 0.6 is 12.4 Å². The van der Waals surface area contributed by atoms with Gasteiger partial charge in [-0.15, -0.1) is 12.4 Å². The molecule has 24 heavy (non-hydrogen) atoms. The first kappa shape index (κ1) is 20.6. The summed E-state index contributed by atoms with van der Waals surface area (Å²) in [7, 11) is 0. The van der Waals surface area contributed by atoms with Gasteiger partial charge in [0.05, 0.1) is 13.2 Å². The van der Waals surface area contributed by atoms with Crippen LogP contribution in [0.25, 0.3) is 0 Å². The summed E-state index contributed by atoms with van der Waals surface area (Å²) in [6.45, 7) is 6.15. The van der Waals surface area contributed by atoms with Gasteiger partial charge in [0.2, 0.25) is 5.91 Å². The van der Waals surface area contributed by atoms with Crippen LogP contribution in [0.1, 0.15) is 32.6 Å². The molecular weight excluding hydrogens is 328 g/mol. The van der Waals surface area contributed by atoms with Crippen molar-refractivity contribution in [3.8, 4) is 11.5 Å². The van der Waals surface area contributed by atoms with Gasteiger partial charge in [0.1, 0.15) is 11.5 Å². The van der Waals surface area contributed by atoms with Crippen molar-refractivity contribution >= 4 is 18.3 Å². The van der Waals surface area contributed by atoms with Crippen molar-refractivity contribution in [3.63, 3.8) is 0 Å². The van der Waals surface area contributed by atoms with E-state index in [1.54, 1.807) is 0 Å². The minimum Gasteiger partial charge on any atom is -0.494 e. The van der Waals surface area contributed by atoms with E-state index in [2.05, 4.69) is 10.6 Å². The van der Waals surface area contributed by atoms with E-state index in [0.29, 0.717) is 19.6 Å². The number of benzene rings is 1. The molecule has 2 rings (SSSR count). The first-order valence-corrected chi connectivity index (χ1v) is 8.61. The Labute approximate surface area is 150 Å². The van der Waals surface area contributed by atoms with E-state index in [9.17, 15) is 4.79 Å². The van der Waals surface area contributed by atoms with Crippen LogP contribution in [0.3, 0.4) is 0 Å². The molecule has 0 aromatic heterocycles. The quantitative estimate of drug-likeness (QED) is 0.633. The Bertz CT molecular complexity index is 462. The highest BCUT2D eigenvalue weighted by molar-refractivity contribution is 5.85. The van der Waals surface area contributed by atoms with Gasteiger partial charge in [-0.25, -0.2) is 0 Å². The fourth-order valence-electron chi connectivity index (χ4n) is 2.69. The molecule has 1 aliphatic rings. The summed E-state index contributed by atoms with van der Waals surface area (Å²) >= 11 is 0. The lowest BCUT2D eigenvalue weighted by molar-refractivity contribution is -0.121. The van der Waals surface area contributed by atoms with Crippen LogP contribution in [-0.2, 0) is 4.79 Å². The second-order valence-corrected chi connectivity index (χ2v) is 5.85. The molecule has 0 saturated carbocycles. The number of halogens is 1. The molecule has 5 nitrogen and oxygen atoms in total. The van der Waals surface area contributed by atoms with Crippen LogP contribution in [0, 0.1) is 5.92 Å². The standard InChI is InChI=1S/C18H28N2O3.ClH/c1-2-22-16-5-7-17(8-6-16)23-13-3-4-18(21)20-12-10-15-9-11-19-14-15;/h5-8,15,19H,2-4,9-14H2,1H3,(H,20,21);1H. The van der Waals surface area contributed by atoms with Crippen molar-refractivity contribution in [1.82, 2.24) is 10.6 Å². The molecule has 1 aliphatic heterocycles. The van der Waals surface area contributed by atoms with Crippen LogP contribution in [0.5, 0.6) is 11.5 Å². The normalized spacial score (nSPS) is 16.3. The Balaban J connectivity index is 0.00000288. The van der Waals surface area contributed by atoms with Gasteiger partial charge in [0.25, 0.3) is 0 Å². The largest absolute Gasteiger partial charge is 0.494 e. The molecule has 0 radical (unpaired) electrons. The number of rotatable bonds is 10. The second-order valence-electron chi connectivity index (χ2n) is 5.85. The second kappa shape index (κ2) is 12.0. The van der Waals surface area contributed by atoms with Crippen LogP contribution in [-0.4, -0.2) is 38.8 Å². The average molecular weight is 357 g/mol. The summed E-state index contributed by atoms with van der Waals surface area (Å²) in [4.78, 5) is 11.7. The molecule has 6 heteroatoms. The zero-order valence-corrected chi connectivity index (χ0v) is 15.2. The summed E-state index contributed by atoms with van der Waals surface area (Å²) < 4.78 is 11.0. The van der Waals surface area contributed by atoms with E-state index in [1.165, 1.54) is 6.42 Å². The molecule has 1 aromatic rings. The predicted molar refractivity (Wildman–Crippen MR) is 98.2 cm³/mol. The summed E-state index contributed by atoms with van der Waals surface area (Å²) in [6, 6.07) is 7.56. The number of hydrogen-bond donors (Lipinski definition) is 2. The van der Waals surface area contributed by atoms with Gasteiger partial charge in [-0.1, -0.05) is 0 Å². The minimum atomic E-state index is 0. The summed E-state index contributed by atoms with van der Waals surface area (Å²) in [5, 5.41) is 6.33. The number of nitrogens with one attached hydrogen (secondary N) is 2. The monoisotopic (exact) mass is 356 g/mol. The average Bonchev–Trinajstić information content (AvgIpc) is 3.07. The van der Waals surface area contributed by atoms with Gasteiger partial charge in [-0.2, -0.15) is 0 Å². The highest BCUT2D eigenvalue weighted by Gasteiger charge is 2.13. The highest BCUT2D eigenvalue weighted by atomic mass is 35.5. The van der Waals surface area contributed by atoms with Gasteiger partial charge in [-0.3, -0.25) is 4.79 Å². The van der Waals surface area contributed by atoms with Crippen LogP contribution in [0.15, 0.2) is 24.3 Å². The zero-order chi connectivity index (χ0) is 16.3. The molecular formula is C18H29ClN2O3. The van der Waals surface area contributed by atoms with Gasteiger partial charge in [0.15, 0.2) is 0 Å². The van der Waals surface area contributed by atoms with Crippen molar-refractivity contribution in [2.24, 2.45) is 5.92 Å². The Morgan fingerprint density at radius 2 is 1.96 bits per heavy atom. The number of carbonyl (C=O) groups excluding carboxylic acids is 1. The van der Waals surface area contributed by atoms with Gasteiger partial charge >= 0.3 is 0 Å². The van der Waals surface area contributed by atoms with Gasteiger partial charge in [0, 0.05) is 13.0 Å². The molecule has 1 aromatic carbocycles. The lowest BCUT2D eigenvalue weighted by Crippen LogP contribution is -2.26. The van der Waals surface area contributed by atoms with Gasteiger partial charge in [-0.05, 0) is 69.5 Å². The van der Waals surface area contributed by atoms with E-state index in [0.717, 1.165) is 49.9 Å². The van der Waals surface area contributed by atoms with Crippen LogP contribution in [0.4, 0.5) is 0 Å². The molecule has 0 aliphatic carbocycles. The molecule has 0 spiro atoms. The first-order valence-electron chi connectivity index (χ1n) is 8.61. The van der Waals surface area contributed by atoms with E-state index >= 15 is 0 Å². The molecule has 1 heterocycles. The Morgan fingerprint density at radius 1 is 1.25 bits per heavy atom. The smallest absolute Gasteiger partial charge is 0.220 e. The van der Waals surface area contributed by atoms with Crippen LogP contribution < -0.4 is 20.1 Å². The van der Waals surface area contributed by atoms with E-state index in [1.807, 2.05) is 31.2 Å². The number of carbonyl (C=O) groups is 1. The Morgan fingerprint density at radius 3 is 2.58 bits per heavy atom. The molecule has 2 N–H and O–H groups in total. The van der Waals surface area contributed by atoms with Gasteiger partial charge < -0.3 is 20.1 Å². The molecule has 1 atom stereocenters. The lowest BCUT2D eigenvalue weighted by atomic mass is 10.1. The Hall–Kier alpha value is -1.46. The number of ether oxygens (including phenoxy) is 2. The van der Waals surface area contributed by atoms with E-state index in [4.69, 9.17) is 9.47 Å². The number of amides is 1. The third-order valence-corrected chi connectivity index (χ3v) is 3.99. The fraction of sp³-hybridized carbons (Fsp3) is 0.611. The first-order chi connectivity index (χ1) is 11.3. The molecule has 1 amide bonds. The van der Waals surface area contributed by atoms with Crippen LogP contribution in [0.2, 0.25) is 0 Å². The van der Waals surface area contributed by atoms with Crippen molar-refractivity contribution in [3.05, 3.63) is 24.3 Å². The lowest BCUT2D eigenvalue weighted by Gasteiger charge is -2.10. The molecule has 136 valence electrons. The number of hydrogen-bond acceptors (Lipinski definition) is 4. The molecule has 1 saturated heterocycles. The maximum absolute atomic E-state index is 11.7. The van der Waals surface area contributed by atoms with Crippen molar-refractivity contribution in [2.45, 2.75) is 32.6 Å². The summed E-state index contributed by atoms with van der Waals surface area (Å²) in [6.07, 6.45) is 3.54. The zero-order valence-electron chi connectivity index (χ0n) is 14.4. The van der Waals surface area contributed by atoms with Crippen molar-refractivity contribution in [2.75, 3.05) is 32.8 Å². The maximum Gasteiger partial charge on any atom is 0.220 e. The third-order valence-electron chi connectivity index (χ3n) is 3.99. The predicted octanol–water partition coefficient (Wildman–Crippen LogP) is 2.78. The van der Waals surface area contributed by atoms with Crippen molar-refractivity contribution in [1.29, 1.82) is 0 Å². The van der Waals surface area contributed by atoms with E-state index < -0.39 is 0 Å². The van der Waals surface area contributed by atoms with Crippen molar-refractivity contribution < 1.29 is 14.3 Å². The maximum atomic E-state index is 11.7. The molecule has 1 unspecified atom stereocenters. The fourth-order valence-corrected chi connectivity index (χ4v) is 2.69. The summed E-state index contributed by atoms with van der Waals surface area (Å²) in [5.74, 6) is 2.49. The topological polar surface area (TPSA) is 59.6 Å². The molecule has 1 fully saturated rings. The van der Waals surface area contributed by atoms with E-state index in [-0.39, 0.29) is 18.3 Å².